The molecule has 1 aromatic heterocycles. The summed E-state index contributed by atoms with van der Waals surface area (Å²) < 4.78 is 4.87. The maximum atomic E-state index is 13.5. The summed E-state index contributed by atoms with van der Waals surface area (Å²) in [6.07, 6.45) is -0.548. The largest absolute Gasteiger partial charge is 0.519 e. The number of amides is 2. The minimum atomic E-state index is -1.24. The number of Topliss-reactive ketones (excluding diaryl/α,β-unsaturated/α-hetero) is 1. The van der Waals surface area contributed by atoms with Crippen molar-refractivity contribution in [2.45, 2.75) is 58.5 Å². The summed E-state index contributed by atoms with van der Waals surface area (Å²) in [7, 11) is 1.48. The molecule has 2 amide bonds. The molecular formula is C29H36N5O7+. The number of carboxylic acid groups (broad SMARTS) is 2. The van der Waals surface area contributed by atoms with Gasteiger partial charge in [-0.3, -0.25) is 15.0 Å². The van der Waals surface area contributed by atoms with E-state index in [0.717, 1.165) is 0 Å². The third kappa shape index (κ3) is 5.15. The van der Waals surface area contributed by atoms with Crippen LogP contribution in [0, 0.1) is 5.41 Å². The van der Waals surface area contributed by atoms with E-state index in [1.165, 1.54) is 13.1 Å². The van der Waals surface area contributed by atoms with E-state index >= 15 is 0 Å². The zero-order valence-electron chi connectivity index (χ0n) is 23.9. The number of likely N-dealkylation sites (tertiary alicyclic amines) is 1. The molecule has 12 nitrogen and oxygen atoms in total. The monoisotopic (exact) mass is 566 g/mol. The van der Waals surface area contributed by atoms with Crippen LogP contribution in [0.2, 0.25) is 0 Å². The highest BCUT2D eigenvalue weighted by Crippen LogP contribution is 2.42. The highest BCUT2D eigenvalue weighted by atomic mass is 16.5. The van der Waals surface area contributed by atoms with Crippen molar-refractivity contribution < 1.29 is 34.1 Å². The number of aromatic nitrogens is 1. The number of ketones is 1. The van der Waals surface area contributed by atoms with Gasteiger partial charge in [0.2, 0.25) is 6.04 Å². The van der Waals surface area contributed by atoms with Gasteiger partial charge in [-0.25, -0.2) is 9.78 Å². The molecule has 4 rings (SSSR count). The number of nitrogens with one attached hydrogen (secondary N) is 2. The van der Waals surface area contributed by atoms with Crippen LogP contribution in [0.1, 0.15) is 78.2 Å². The van der Waals surface area contributed by atoms with Crippen molar-refractivity contribution in [3.8, 4) is 5.75 Å². The Bertz CT molecular complexity index is 1450. The fourth-order valence-corrected chi connectivity index (χ4v) is 5.74. The maximum absolute atomic E-state index is 13.5. The SMILES string of the molecule is CCOc1cc2c(nc1C(=O)NC)C(=N)N(CC(=O)c1ccc([N+]3(C(=O)O)CCCC3C(=O)O)c(C(C)(C)C)c1)C2. The number of aliphatic carboxylic acids is 1. The number of rotatable bonds is 8. The molecule has 0 radical (unpaired) electrons. The summed E-state index contributed by atoms with van der Waals surface area (Å²) >= 11 is 0. The van der Waals surface area contributed by atoms with E-state index in [0.29, 0.717) is 46.8 Å². The standard InChI is InChI=1S/C29H35N5O7/c1-6-41-22-13-17-14-33(25(30)23(17)32-24(22)26(36)31-5)15-21(35)16-9-10-19(18(12-16)29(2,3)4)34(28(39)40)11-7-8-20(34)27(37)38/h9-10,12-13,20,30H,6-8,11,14-15H2,1-5H3,(H2-,31,36,37,38,39,40)/p+1. The smallest absolute Gasteiger partial charge is 0.491 e. The molecular weight excluding hydrogens is 530 g/mol. The molecule has 41 heavy (non-hydrogen) atoms. The number of fused-ring (bicyclic) bond motifs is 1. The van der Waals surface area contributed by atoms with E-state index in [1.54, 1.807) is 30.0 Å². The van der Waals surface area contributed by atoms with Crippen LogP contribution in [0.15, 0.2) is 24.3 Å². The number of ether oxygens (including phenoxy) is 1. The molecule has 1 fully saturated rings. The van der Waals surface area contributed by atoms with Crippen LogP contribution in [0.25, 0.3) is 0 Å². The molecule has 0 bridgehead atoms. The van der Waals surface area contributed by atoms with Crippen molar-refractivity contribution in [1.29, 1.82) is 5.41 Å². The first kappa shape index (κ1) is 29.7. The Morgan fingerprint density at radius 2 is 1.90 bits per heavy atom. The minimum absolute atomic E-state index is 0.00553. The first-order valence-corrected chi connectivity index (χ1v) is 13.5. The van der Waals surface area contributed by atoms with Crippen LogP contribution in [-0.4, -0.2) is 82.5 Å². The topological polar surface area (TPSA) is 170 Å². The van der Waals surface area contributed by atoms with Crippen molar-refractivity contribution in [2.24, 2.45) is 0 Å². The van der Waals surface area contributed by atoms with Crippen molar-refractivity contribution in [2.75, 3.05) is 26.7 Å². The fourth-order valence-electron chi connectivity index (χ4n) is 5.74. The summed E-state index contributed by atoms with van der Waals surface area (Å²) in [5, 5.41) is 31.3. The van der Waals surface area contributed by atoms with Crippen LogP contribution in [0.5, 0.6) is 5.75 Å². The zero-order valence-corrected chi connectivity index (χ0v) is 23.9. The van der Waals surface area contributed by atoms with Crippen LogP contribution in [-0.2, 0) is 16.8 Å². The molecule has 1 saturated heterocycles. The lowest BCUT2D eigenvalue weighted by Gasteiger charge is -2.36. The Morgan fingerprint density at radius 1 is 1.20 bits per heavy atom. The van der Waals surface area contributed by atoms with Gasteiger partial charge in [0.1, 0.15) is 17.2 Å². The molecule has 4 N–H and O–H groups in total. The predicted molar refractivity (Wildman–Crippen MR) is 151 cm³/mol. The number of amidine groups is 1. The fraction of sp³-hybridized carbons (Fsp3) is 0.448. The average molecular weight is 567 g/mol. The van der Waals surface area contributed by atoms with Gasteiger partial charge in [0, 0.05) is 49.2 Å². The number of carboxylic acids is 1. The number of hydrogen-bond acceptors (Lipinski definition) is 7. The molecule has 0 spiro atoms. The summed E-state index contributed by atoms with van der Waals surface area (Å²) in [5.41, 5.74) is 1.70. The number of quaternary nitrogens is 1. The van der Waals surface area contributed by atoms with Gasteiger partial charge in [0.05, 0.1) is 19.7 Å². The first-order chi connectivity index (χ1) is 19.3. The zero-order chi connectivity index (χ0) is 30.3. The van der Waals surface area contributed by atoms with Crippen molar-refractivity contribution in [3.05, 3.63) is 52.3 Å². The van der Waals surface area contributed by atoms with E-state index < -0.39 is 33.9 Å². The summed E-state index contributed by atoms with van der Waals surface area (Å²) in [4.78, 5) is 56.5. The summed E-state index contributed by atoms with van der Waals surface area (Å²) in [6.45, 7) is 8.01. The molecule has 2 aliphatic rings. The van der Waals surface area contributed by atoms with E-state index in [9.17, 15) is 29.4 Å². The van der Waals surface area contributed by atoms with Crippen molar-refractivity contribution in [3.63, 3.8) is 0 Å². The first-order valence-electron chi connectivity index (χ1n) is 13.5. The molecule has 218 valence electrons. The molecule has 2 unspecified atom stereocenters. The quantitative estimate of drug-likeness (QED) is 0.276. The van der Waals surface area contributed by atoms with Crippen molar-refractivity contribution >= 4 is 35.3 Å². The highest BCUT2D eigenvalue weighted by molar-refractivity contribution is 6.06. The lowest BCUT2D eigenvalue weighted by atomic mass is 9.83. The molecule has 2 atom stereocenters. The molecule has 0 aliphatic carbocycles. The maximum Gasteiger partial charge on any atom is 0.519 e. The number of nitrogens with zero attached hydrogens (tertiary/aromatic N) is 3. The lowest BCUT2D eigenvalue weighted by molar-refractivity contribution is -0.141. The molecule has 0 saturated carbocycles. The minimum Gasteiger partial charge on any atom is -0.491 e. The molecule has 2 aliphatic heterocycles. The van der Waals surface area contributed by atoms with E-state index in [-0.39, 0.29) is 43.4 Å². The van der Waals surface area contributed by atoms with Gasteiger partial charge in [-0.05, 0) is 30.5 Å². The van der Waals surface area contributed by atoms with E-state index in [4.69, 9.17) is 10.1 Å². The Kier molecular flexibility index (Phi) is 7.90. The number of hydrogen-bond donors (Lipinski definition) is 4. The predicted octanol–water partition coefficient (Wildman–Crippen LogP) is 3.39. The Hall–Kier alpha value is -4.32. The molecule has 12 heteroatoms. The van der Waals surface area contributed by atoms with Gasteiger partial charge < -0.3 is 25.2 Å². The Morgan fingerprint density at radius 3 is 2.49 bits per heavy atom. The average Bonchev–Trinajstić information content (AvgIpc) is 3.49. The third-order valence-corrected chi connectivity index (χ3v) is 7.75. The third-order valence-electron chi connectivity index (χ3n) is 7.75. The summed E-state index contributed by atoms with van der Waals surface area (Å²) in [6, 6.07) is 5.30. The van der Waals surface area contributed by atoms with Gasteiger partial charge >= 0.3 is 12.1 Å². The summed E-state index contributed by atoms with van der Waals surface area (Å²) in [5.74, 6) is -1.61. The number of carbonyl (C=O) groups excluding carboxylic acids is 2. The Balaban J connectivity index is 1.67. The van der Waals surface area contributed by atoms with Gasteiger partial charge in [0.15, 0.2) is 17.2 Å². The van der Waals surface area contributed by atoms with E-state index in [2.05, 4.69) is 10.3 Å². The molecule has 2 aromatic rings. The van der Waals surface area contributed by atoms with Crippen LogP contribution < -0.4 is 14.5 Å². The van der Waals surface area contributed by atoms with Gasteiger partial charge in [0.25, 0.3) is 5.91 Å². The number of pyridine rings is 1. The second-order valence-corrected chi connectivity index (χ2v) is 11.3. The second-order valence-electron chi connectivity index (χ2n) is 11.3. The van der Waals surface area contributed by atoms with Gasteiger partial charge in [-0.1, -0.05) is 20.8 Å². The van der Waals surface area contributed by atoms with Crippen molar-refractivity contribution in [1.82, 2.24) is 19.7 Å². The lowest BCUT2D eigenvalue weighted by Crippen LogP contribution is -2.60. The molecule has 3 heterocycles. The van der Waals surface area contributed by atoms with Gasteiger partial charge in [-0.15, -0.1) is 0 Å². The highest BCUT2D eigenvalue weighted by Gasteiger charge is 2.56. The number of benzene rings is 1. The van der Waals surface area contributed by atoms with Crippen LogP contribution in [0.4, 0.5) is 10.5 Å². The van der Waals surface area contributed by atoms with E-state index in [1.807, 2.05) is 20.8 Å². The van der Waals surface area contributed by atoms with Gasteiger partial charge in [-0.2, -0.15) is 9.28 Å². The molecule has 1 aromatic carbocycles. The van der Waals surface area contributed by atoms with Crippen LogP contribution >= 0.6 is 0 Å². The number of carbonyl (C=O) groups is 4. The second kappa shape index (κ2) is 10.9. The van der Waals surface area contributed by atoms with Crippen LogP contribution in [0.3, 0.4) is 0 Å². The Labute approximate surface area is 238 Å². The normalized spacial score (nSPS) is 20.1.